The van der Waals surface area contributed by atoms with Crippen LogP contribution < -0.4 is 0 Å². The van der Waals surface area contributed by atoms with Crippen LogP contribution in [0.1, 0.15) is 12.5 Å². The van der Waals surface area contributed by atoms with Crippen molar-refractivity contribution in [2.24, 2.45) is 4.99 Å². The summed E-state index contributed by atoms with van der Waals surface area (Å²) in [6.07, 6.45) is 5.75. The van der Waals surface area contributed by atoms with Gasteiger partial charge in [-0.2, -0.15) is 0 Å². The molecule has 0 atom stereocenters. The van der Waals surface area contributed by atoms with E-state index >= 15 is 0 Å². The number of nitrogens with zero attached hydrogens (tertiary/aromatic N) is 3. The average molecular weight is 173 g/mol. The third-order valence-corrected chi connectivity index (χ3v) is 2.14. The van der Waals surface area contributed by atoms with E-state index in [1.807, 2.05) is 35.9 Å². The van der Waals surface area contributed by atoms with Crippen LogP contribution in [-0.4, -0.2) is 22.1 Å². The summed E-state index contributed by atoms with van der Waals surface area (Å²) in [5, 5.41) is 0. The van der Waals surface area contributed by atoms with Gasteiger partial charge in [-0.25, -0.2) is 4.98 Å². The monoisotopic (exact) mass is 173 g/mol. The number of aromatic nitrogens is 2. The zero-order valence-corrected chi connectivity index (χ0v) is 7.73. The molecule has 0 amide bonds. The second-order valence-electron chi connectivity index (χ2n) is 2.92. The Morgan fingerprint density at radius 1 is 1.46 bits per heavy atom. The predicted molar refractivity (Wildman–Crippen MR) is 53.3 cm³/mol. The Labute approximate surface area is 76.8 Å². The van der Waals surface area contributed by atoms with Crippen LogP contribution in [0.25, 0.3) is 5.65 Å². The quantitative estimate of drug-likeness (QED) is 0.604. The summed E-state index contributed by atoms with van der Waals surface area (Å²) in [4.78, 5) is 8.30. The molecular formula is C10H11N3. The molecule has 0 N–H and O–H groups in total. The van der Waals surface area contributed by atoms with Crippen LogP contribution >= 0.6 is 0 Å². The van der Waals surface area contributed by atoms with Crippen molar-refractivity contribution in [3.8, 4) is 0 Å². The number of rotatable bonds is 1. The maximum absolute atomic E-state index is 4.17. The van der Waals surface area contributed by atoms with Crippen molar-refractivity contribution >= 4 is 11.4 Å². The summed E-state index contributed by atoms with van der Waals surface area (Å²) >= 11 is 0. The van der Waals surface area contributed by atoms with Gasteiger partial charge < -0.3 is 4.40 Å². The summed E-state index contributed by atoms with van der Waals surface area (Å²) in [5.41, 5.74) is 3.14. The van der Waals surface area contributed by atoms with Crippen LogP contribution in [0.15, 0.2) is 35.7 Å². The van der Waals surface area contributed by atoms with Gasteiger partial charge in [-0.3, -0.25) is 4.99 Å². The number of hydrogen-bond donors (Lipinski definition) is 0. The van der Waals surface area contributed by atoms with E-state index < -0.39 is 0 Å². The largest absolute Gasteiger partial charge is 0.306 e. The maximum atomic E-state index is 4.17. The van der Waals surface area contributed by atoms with Gasteiger partial charge in [0.2, 0.25) is 0 Å². The number of imidazole rings is 1. The third-order valence-electron chi connectivity index (χ3n) is 2.14. The molecule has 0 aliphatic rings. The van der Waals surface area contributed by atoms with Gasteiger partial charge in [-0.1, -0.05) is 0 Å². The highest BCUT2D eigenvalue weighted by Gasteiger charge is 1.98. The normalized spacial score (nSPS) is 12.3. The lowest BCUT2D eigenvalue weighted by atomic mass is 10.2. The number of pyridine rings is 1. The molecular weight excluding hydrogens is 162 g/mol. The third kappa shape index (κ3) is 1.33. The van der Waals surface area contributed by atoms with E-state index in [4.69, 9.17) is 0 Å². The molecule has 3 heteroatoms. The first-order valence-corrected chi connectivity index (χ1v) is 4.18. The highest BCUT2D eigenvalue weighted by atomic mass is 15.0. The van der Waals surface area contributed by atoms with Crippen LogP contribution in [0.3, 0.4) is 0 Å². The smallest absolute Gasteiger partial charge is 0.136 e. The van der Waals surface area contributed by atoms with Gasteiger partial charge in [0.05, 0.1) is 0 Å². The van der Waals surface area contributed by atoms with E-state index in [1.54, 1.807) is 13.2 Å². The Morgan fingerprint density at radius 3 is 3.08 bits per heavy atom. The van der Waals surface area contributed by atoms with E-state index in [0.29, 0.717) is 0 Å². The Morgan fingerprint density at radius 2 is 2.31 bits per heavy atom. The van der Waals surface area contributed by atoms with Gasteiger partial charge >= 0.3 is 0 Å². The molecule has 0 fully saturated rings. The van der Waals surface area contributed by atoms with Gasteiger partial charge in [0.1, 0.15) is 5.65 Å². The van der Waals surface area contributed by atoms with E-state index in [9.17, 15) is 0 Å². The van der Waals surface area contributed by atoms with E-state index in [-0.39, 0.29) is 0 Å². The van der Waals surface area contributed by atoms with Crippen molar-refractivity contribution in [2.45, 2.75) is 6.92 Å². The fourth-order valence-electron chi connectivity index (χ4n) is 1.26. The Bertz CT molecular complexity index is 454. The standard InChI is InChI=1S/C10H11N3/c1-8(11-2)9-3-4-10-12-5-6-13(10)7-9/h3-7H,1-2H3. The first-order chi connectivity index (χ1) is 6.31. The second kappa shape index (κ2) is 3.01. The molecule has 0 unspecified atom stereocenters. The second-order valence-corrected chi connectivity index (χ2v) is 2.92. The van der Waals surface area contributed by atoms with Crippen LogP contribution in [-0.2, 0) is 0 Å². The topological polar surface area (TPSA) is 29.7 Å². The zero-order chi connectivity index (χ0) is 9.26. The van der Waals surface area contributed by atoms with Crippen LogP contribution in [0, 0.1) is 0 Å². The molecule has 2 rings (SSSR count). The SMILES string of the molecule is CN=C(C)c1ccc2nccn2c1. The predicted octanol–water partition coefficient (Wildman–Crippen LogP) is 1.77. The lowest BCUT2D eigenvalue weighted by Gasteiger charge is -2.00. The zero-order valence-electron chi connectivity index (χ0n) is 7.73. The van der Waals surface area contributed by atoms with Gasteiger partial charge in [0.25, 0.3) is 0 Å². The van der Waals surface area contributed by atoms with Crippen molar-refractivity contribution < 1.29 is 0 Å². The van der Waals surface area contributed by atoms with Crippen molar-refractivity contribution in [3.63, 3.8) is 0 Å². The van der Waals surface area contributed by atoms with E-state index in [1.165, 1.54) is 0 Å². The molecule has 0 radical (unpaired) electrons. The summed E-state index contributed by atoms with van der Waals surface area (Å²) in [6.45, 7) is 2.00. The van der Waals surface area contributed by atoms with Crippen molar-refractivity contribution in [3.05, 3.63) is 36.3 Å². The molecule has 2 heterocycles. The minimum atomic E-state index is 0.965. The minimum Gasteiger partial charge on any atom is -0.306 e. The molecule has 2 aromatic rings. The molecule has 0 aromatic carbocycles. The first kappa shape index (κ1) is 7.98. The first-order valence-electron chi connectivity index (χ1n) is 4.18. The Balaban J connectivity index is 2.60. The molecule has 66 valence electrons. The van der Waals surface area contributed by atoms with E-state index in [2.05, 4.69) is 9.98 Å². The molecule has 13 heavy (non-hydrogen) atoms. The number of fused-ring (bicyclic) bond motifs is 1. The molecule has 0 spiro atoms. The van der Waals surface area contributed by atoms with Crippen molar-refractivity contribution in [1.29, 1.82) is 0 Å². The van der Waals surface area contributed by atoms with Crippen LogP contribution in [0.4, 0.5) is 0 Å². The highest BCUT2D eigenvalue weighted by molar-refractivity contribution is 5.98. The minimum absolute atomic E-state index is 0.965. The van der Waals surface area contributed by atoms with E-state index in [0.717, 1.165) is 16.9 Å². The Hall–Kier alpha value is -1.64. The van der Waals surface area contributed by atoms with Gasteiger partial charge in [-0.15, -0.1) is 0 Å². The fraction of sp³-hybridized carbons (Fsp3) is 0.200. The highest BCUT2D eigenvalue weighted by Crippen LogP contribution is 2.05. The lowest BCUT2D eigenvalue weighted by Crippen LogP contribution is -1.96. The maximum Gasteiger partial charge on any atom is 0.136 e. The van der Waals surface area contributed by atoms with Crippen LogP contribution in [0.5, 0.6) is 0 Å². The Kier molecular flexibility index (Phi) is 1.85. The molecule has 0 saturated carbocycles. The molecule has 0 bridgehead atoms. The van der Waals surface area contributed by atoms with Crippen molar-refractivity contribution in [2.75, 3.05) is 7.05 Å². The molecule has 0 aliphatic heterocycles. The summed E-state index contributed by atoms with van der Waals surface area (Å²) in [5.74, 6) is 0. The van der Waals surface area contributed by atoms with Gasteiger partial charge in [-0.05, 0) is 19.1 Å². The average Bonchev–Trinajstić information content (AvgIpc) is 2.63. The summed E-state index contributed by atoms with van der Waals surface area (Å²) < 4.78 is 1.99. The van der Waals surface area contributed by atoms with Gasteiger partial charge in [0.15, 0.2) is 0 Å². The number of aliphatic imine (C=N–C) groups is 1. The molecule has 3 nitrogen and oxygen atoms in total. The molecule has 0 saturated heterocycles. The fourth-order valence-corrected chi connectivity index (χ4v) is 1.26. The number of hydrogen-bond acceptors (Lipinski definition) is 2. The summed E-state index contributed by atoms with van der Waals surface area (Å²) in [6, 6.07) is 4.02. The molecule has 2 aromatic heterocycles. The van der Waals surface area contributed by atoms with Crippen molar-refractivity contribution in [1.82, 2.24) is 9.38 Å². The lowest BCUT2D eigenvalue weighted by molar-refractivity contribution is 1.18. The molecule has 0 aliphatic carbocycles. The van der Waals surface area contributed by atoms with Crippen LogP contribution in [0.2, 0.25) is 0 Å². The summed E-state index contributed by atoms with van der Waals surface area (Å²) in [7, 11) is 1.80. The van der Waals surface area contributed by atoms with Gasteiger partial charge in [0, 0.05) is 36.9 Å².